The van der Waals surface area contributed by atoms with E-state index in [0.29, 0.717) is 0 Å². The van der Waals surface area contributed by atoms with Gasteiger partial charge >= 0.3 is 0 Å². The summed E-state index contributed by atoms with van der Waals surface area (Å²) in [6.07, 6.45) is 4.76. The second-order valence-electron chi connectivity index (χ2n) is 4.89. The number of fused-ring (bicyclic) bond motifs is 1. The highest BCUT2D eigenvalue weighted by Gasteiger charge is 2.07. The summed E-state index contributed by atoms with van der Waals surface area (Å²) in [5, 5.41) is 5.81. The highest BCUT2D eigenvalue weighted by molar-refractivity contribution is 5.90. The van der Waals surface area contributed by atoms with Crippen molar-refractivity contribution < 1.29 is 4.74 Å². The molecule has 0 aliphatic heterocycles. The van der Waals surface area contributed by atoms with Gasteiger partial charge in [0.2, 0.25) is 5.95 Å². The maximum absolute atomic E-state index is 5.07. The summed E-state index contributed by atoms with van der Waals surface area (Å²) in [6, 6.07) is 14.7. The van der Waals surface area contributed by atoms with Crippen LogP contribution in [0.25, 0.3) is 16.5 Å². The van der Waals surface area contributed by atoms with Gasteiger partial charge in [0.1, 0.15) is 0 Å². The molecule has 4 heteroatoms. The van der Waals surface area contributed by atoms with E-state index in [1.165, 1.54) is 10.8 Å². The molecule has 4 nitrogen and oxygen atoms in total. The average molecular weight is 281 g/mol. The zero-order valence-corrected chi connectivity index (χ0v) is 12.1. The quantitative estimate of drug-likeness (QED) is 0.703. The van der Waals surface area contributed by atoms with E-state index in [2.05, 4.69) is 57.3 Å². The topological polar surface area (TPSA) is 39.1 Å². The fourth-order valence-corrected chi connectivity index (χ4v) is 2.46. The van der Waals surface area contributed by atoms with E-state index in [4.69, 9.17) is 4.74 Å². The summed E-state index contributed by atoms with van der Waals surface area (Å²) in [6.45, 7) is 1.59. The van der Waals surface area contributed by atoms with E-state index in [1.54, 1.807) is 7.11 Å². The zero-order valence-electron chi connectivity index (χ0n) is 12.1. The van der Waals surface area contributed by atoms with Crippen LogP contribution in [-0.2, 0) is 4.74 Å². The Morgan fingerprint density at radius 1 is 1.14 bits per heavy atom. The molecular weight excluding hydrogens is 262 g/mol. The van der Waals surface area contributed by atoms with Gasteiger partial charge in [-0.15, -0.1) is 0 Å². The summed E-state index contributed by atoms with van der Waals surface area (Å²) in [4.78, 5) is 4.41. The van der Waals surface area contributed by atoms with E-state index in [0.717, 1.165) is 31.2 Å². The third kappa shape index (κ3) is 2.90. The van der Waals surface area contributed by atoms with Crippen molar-refractivity contribution >= 4 is 16.7 Å². The summed E-state index contributed by atoms with van der Waals surface area (Å²) in [5.41, 5.74) is 1.14. The highest BCUT2D eigenvalue weighted by atomic mass is 16.5. The SMILES string of the molecule is COCCCNc1nccn1-c1cccc2ccccc12. The molecule has 0 radical (unpaired) electrons. The molecule has 0 bridgehead atoms. The van der Waals surface area contributed by atoms with Crippen molar-refractivity contribution in [3.05, 3.63) is 54.9 Å². The van der Waals surface area contributed by atoms with Crippen LogP contribution >= 0.6 is 0 Å². The van der Waals surface area contributed by atoms with Crippen LogP contribution < -0.4 is 5.32 Å². The molecule has 0 unspecified atom stereocenters. The lowest BCUT2D eigenvalue weighted by Gasteiger charge is -2.12. The Bertz CT molecular complexity index is 715. The van der Waals surface area contributed by atoms with Crippen LogP contribution in [0.2, 0.25) is 0 Å². The second-order valence-corrected chi connectivity index (χ2v) is 4.89. The predicted molar refractivity (Wildman–Crippen MR) is 86.1 cm³/mol. The molecule has 0 amide bonds. The van der Waals surface area contributed by atoms with Gasteiger partial charge in [-0.3, -0.25) is 4.57 Å². The Morgan fingerprint density at radius 2 is 2.00 bits per heavy atom. The Labute approximate surface area is 124 Å². The van der Waals surface area contributed by atoms with Gasteiger partial charge in [0.25, 0.3) is 0 Å². The van der Waals surface area contributed by atoms with Crippen molar-refractivity contribution in [3.8, 4) is 5.69 Å². The summed E-state index contributed by atoms with van der Waals surface area (Å²) < 4.78 is 7.16. The Balaban J connectivity index is 1.91. The summed E-state index contributed by atoms with van der Waals surface area (Å²) in [7, 11) is 1.72. The predicted octanol–water partition coefficient (Wildman–Crippen LogP) is 3.47. The van der Waals surface area contributed by atoms with Gasteiger partial charge in [0.15, 0.2) is 0 Å². The van der Waals surface area contributed by atoms with Gasteiger partial charge in [-0.25, -0.2) is 4.98 Å². The maximum atomic E-state index is 5.07. The van der Waals surface area contributed by atoms with E-state index < -0.39 is 0 Å². The van der Waals surface area contributed by atoms with Gasteiger partial charge in [-0.2, -0.15) is 0 Å². The van der Waals surface area contributed by atoms with Crippen LogP contribution in [0.4, 0.5) is 5.95 Å². The molecule has 0 saturated heterocycles. The molecular formula is C17H19N3O. The maximum Gasteiger partial charge on any atom is 0.207 e. The lowest BCUT2D eigenvalue weighted by atomic mass is 10.1. The van der Waals surface area contributed by atoms with Crippen molar-refractivity contribution in [3.63, 3.8) is 0 Å². The number of anilines is 1. The standard InChI is InChI=1S/C17H19N3O/c1-21-13-5-10-18-17-19-11-12-20(17)16-9-4-7-14-6-2-3-8-15(14)16/h2-4,6-9,11-12H,5,10,13H2,1H3,(H,18,19). The van der Waals surface area contributed by atoms with E-state index in [-0.39, 0.29) is 0 Å². The third-order valence-corrected chi connectivity index (χ3v) is 3.48. The molecule has 1 heterocycles. The largest absolute Gasteiger partial charge is 0.385 e. The van der Waals surface area contributed by atoms with Crippen molar-refractivity contribution in [2.45, 2.75) is 6.42 Å². The molecule has 1 N–H and O–H groups in total. The van der Waals surface area contributed by atoms with E-state index in [9.17, 15) is 0 Å². The number of ether oxygens (including phenoxy) is 1. The number of methoxy groups -OCH3 is 1. The molecule has 3 rings (SSSR count). The first kappa shape index (κ1) is 13.6. The number of hydrogen-bond donors (Lipinski definition) is 1. The molecule has 0 atom stereocenters. The summed E-state index contributed by atoms with van der Waals surface area (Å²) >= 11 is 0. The minimum absolute atomic E-state index is 0.752. The molecule has 2 aromatic carbocycles. The van der Waals surface area contributed by atoms with Gasteiger partial charge in [-0.05, 0) is 17.9 Å². The molecule has 108 valence electrons. The average Bonchev–Trinajstić information content (AvgIpc) is 2.99. The van der Waals surface area contributed by atoms with Crippen LogP contribution in [0.3, 0.4) is 0 Å². The lowest BCUT2D eigenvalue weighted by molar-refractivity contribution is 0.197. The van der Waals surface area contributed by atoms with Gasteiger partial charge in [0.05, 0.1) is 5.69 Å². The molecule has 0 aliphatic rings. The van der Waals surface area contributed by atoms with E-state index >= 15 is 0 Å². The molecule has 0 aliphatic carbocycles. The number of imidazole rings is 1. The van der Waals surface area contributed by atoms with Crippen molar-refractivity contribution in [2.24, 2.45) is 0 Å². The minimum atomic E-state index is 0.752. The highest BCUT2D eigenvalue weighted by Crippen LogP contribution is 2.24. The van der Waals surface area contributed by atoms with E-state index in [1.807, 2.05) is 12.4 Å². The van der Waals surface area contributed by atoms with Crippen LogP contribution in [0.1, 0.15) is 6.42 Å². The second kappa shape index (κ2) is 6.41. The molecule has 21 heavy (non-hydrogen) atoms. The number of rotatable bonds is 6. The Kier molecular flexibility index (Phi) is 4.17. The first-order valence-corrected chi connectivity index (χ1v) is 7.14. The number of hydrogen-bond acceptors (Lipinski definition) is 3. The van der Waals surface area contributed by atoms with Gasteiger partial charge in [0, 0.05) is 38.0 Å². The first-order valence-electron chi connectivity index (χ1n) is 7.14. The summed E-state index contributed by atoms with van der Waals surface area (Å²) in [5.74, 6) is 0.863. The fourth-order valence-electron chi connectivity index (χ4n) is 2.46. The molecule has 3 aromatic rings. The van der Waals surface area contributed by atoms with Crippen molar-refractivity contribution in [1.82, 2.24) is 9.55 Å². The third-order valence-electron chi connectivity index (χ3n) is 3.48. The van der Waals surface area contributed by atoms with Crippen LogP contribution in [-0.4, -0.2) is 29.8 Å². The molecule has 1 aromatic heterocycles. The number of nitrogens with one attached hydrogen (secondary N) is 1. The van der Waals surface area contributed by atoms with Crippen molar-refractivity contribution in [2.75, 3.05) is 25.6 Å². The van der Waals surface area contributed by atoms with Gasteiger partial charge < -0.3 is 10.1 Å². The first-order chi connectivity index (χ1) is 10.4. The number of aromatic nitrogens is 2. The molecule has 0 saturated carbocycles. The van der Waals surface area contributed by atoms with Crippen LogP contribution in [0.5, 0.6) is 0 Å². The van der Waals surface area contributed by atoms with Crippen LogP contribution in [0, 0.1) is 0 Å². The monoisotopic (exact) mass is 281 g/mol. The minimum Gasteiger partial charge on any atom is -0.385 e. The van der Waals surface area contributed by atoms with Gasteiger partial charge in [-0.1, -0.05) is 36.4 Å². The normalized spacial score (nSPS) is 10.9. The molecule has 0 fully saturated rings. The van der Waals surface area contributed by atoms with Crippen LogP contribution in [0.15, 0.2) is 54.9 Å². The molecule has 0 spiro atoms. The van der Waals surface area contributed by atoms with Crippen molar-refractivity contribution in [1.29, 1.82) is 0 Å². The zero-order chi connectivity index (χ0) is 14.5. The smallest absolute Gasteiger partial charge is 0.207 e. The number of nitrogens with zero attached hydrogens (tertiary/aromatic N) is 2. The lowest BCUT2D eigenvalue weighted by Crippen LogP contribution is -2.09. The Morgan fingerprint density at radius 3 is 2.90 bits per heavy atom. The Hall–Kier alpha value is -2.33. The fraction of sp³-hybridized carbons (Fsp3) is 0.235. The number of benzene rings is 2.